The Morgan fingerprint density at radius 1 is 0.250 bits per heavy atom. The lowest BCUT2D eigenvalue weighted by atomic mass is 9.84. The van der Waals surface area contributed by atoms with Crippen LogP contribution in [0, 0.1) is 0 Å². The summed E-state index contributed by atoms with van der Waals surface area (Å²) in [6.07, 6.45) is 0. The molecule has 0 saturated carbocycles. The van der Waals surface area contributed by atoms with Gasteiger partial charge in [0, 0.05) is 31.0 Å². The average molecular weight is 901 g/mol. The second-order valence-electron chi connectivity index (χ2n) is 17.6. The topological polar surface area (TPSA) is 6.48 Å². The highest BCUT2D eigenvalue weighted by Gasteiger charge is 2.28. The number of anilines is 6. The zero-order valence-corrected chi connectivity index (χ0v) is 38.4. The van der Waals surface area contributed by atoms with Crippen molar-refractivity contribution in [2.45, 2.75) is 19.6 Å². The minimum Gasteiger partial charge on any atom is -0.308 e. The van der Waals surface area contributed by atoms with Gasteiger partial charge in [-0.05, 0) is 161 Å². The predicted molar refractivity (Wildman–Crippen MR) is 290 cm³/mol. The van der Waals surface area contributed by atoms with Crippen molar-refractivity contribution in [2.75, 3.05) is 9.80 Å². The Morgan fingerprint density at radius 3 is 1.26 bits per heavy atom. The molecule has 0 spiro atoms. The van der Waals surface area contributed by atoms with Gasteiger partial charge in [0.1, 0.15) is 0 Å². The minimum absolute atomic E-state index is 1.13. The van der Waals surface area contributed by atoms with Gasteiger partial charge in [0.05, 0.1) is 22.7 Å². The molecule has 0 radical (unpaired) electrons. The number of nitrogens with zero attached hydrogens (tertiary/aromatic N) is 2. The van der Waals surface area contributed by atoms with Crippen LogP contribution < -0.4 is 9.80 Å². The van der Waals surface area contributed by atoms with Crippen molar-refractivity contribution < 1.29 is 0 Å². The number of benzene rings is 12. The molecule has 14 rings (SSSR count). The Morgan fingerprint density at radius 2 is 0.691 bits per heavy atom. The fourth-order valence-corrected chi connectivity index (χ4v) is 12.9. The molecule has 2 nitrogen and oxygen atoms in total. The normalized spacial score (nSPS) is 12.8. The first kappa shape index (κ1) is 39.2. The maximum Gasteiger partial charge on any atom is 0.0601 e. The van der Waals surface area contributed by atoms with E-state index in [2.05, 4.69) is 252 Å². The van der Waals surface area contributed by atoms with E-state index in [1.165, 1.54) is 119 Å². The summed E-state index contributed by atoms with van der Waals surface area (Å²) in [7, 11) is 0. The first-order chi connectivity index (χ1) is 33.7. The molecule has 0 saturated heterocycles. The Labute approximate surface area is 403 Å². The van der Waals surface area contributed by atoms with E-state index in [4.69, 9.17) is 0 Å². The van der Waals surface area contributed by atoms with E-state index in [1.54, 1.807) is 0 Å². The van der Waals surface area contributed by atoms with Gasteiger partial charge in [-0.25, -0.2) is 0 Å². The minimum atomic E-state index is 1.13. The van der Waals surface area contributed by atoms with Gasteiger partial charge < -0.3 is 9.80 Å². The molecule has 12 aromatic carbocycles. The Balaban J connectivity index is 1.10. The Hall–Kier alpha value is -8.02. The van der Waals surface area contributed by atoms with Gasteiger partial charge in [-0.1, -0.05) is 181 Å². The third-order valence-electron chi connectivity index (χ3n) is 13.8. The van der Waals surface area contributed by atoms with Crippen molar-refractivity contribution in [3.05, 3.63) is 243 Å². The zero-order valence-electron chi connectivity index (χ0n) is 36.8. The van der Waals surface area contributed by atoms with Crippen molar-refractivity contribution in [3.63, 3.8) is 0 Å². The Bertz CT molecular complexity index is 3930. The van der Waals surface area contributed by atoms with Crippen LogP contribution in [0.1, 0.15) is 0 Å². The van der Waals surface area contributed by atoms with Crippen LogP contribution in [0.4, 0.5) is 34.1 Å². The summed E-state index contributed by atoms with van der Waals surface area (Å²) >= 11 is 3.69. The summed E-state index contributed by atoms with van der Waals surface area (Å²) in [4.78, 5) is 9.91. The highest BCUT2D eigenvalue weighted by molar-refractivity contribution is 8.00. The fraction of sp³-hybridized carbons (Fsp3) is 0. The molecule has 318 valence electrons. The van der Waals surface area contributed by atoms with E-state index in [-0.39, 0.29) is 0 Å². The lowest BCUT2D eigenvalue weighted by Crippen LogP contribution is -2.15. The highest BCUT2D eigenvalue weighted by Crippen LogP contribution is 2.55. The SMILES string of the molecule is c1cc(-c2cccc3ccccc23)cc(-c2c3ccc(N4c5ccccc5Sc5ccccc54)cc3c(-c3ccc4ccccc4c3)c3ccc(N4c5ccccc5Sc5ccccc54)cc23)c1. The van der Waals surface area contributed by atoms with Crippen LogP contribution in [-0.2, 0) is 0 Å². The van der Waals surface area contributed by atoms with Gasteiger partial charge in [-0.3, -0.25) is 0 Å². The van der Waals surface area contributed by atoms with Crippen molar-refractivity contribution >= 4 is 101 Å². The molecule has 12 aromatic rings. The van der Waals surface area contributed by atoms with Crippen LogP contribution in [0.5, 0.6) is 0 Å². The summed E-state index contributed by atoms with van der Waals surface area (Å²) in [6.45, 7) is 0. The number of para-hydroxylation sites is 4. The molecule has 68 heavy (non-hydrogen) atoms. The molecule has 2 heterocycles. The third-order valence-corrected chi connectivity index (χ3v) is 16.0. The molecular weight excluding hydrogens is 861 g/mol. The van der Waals surface area contributed by atoms with Gasteiger partial charge in [0.15, 0.2) is 0 Å². The second kappa shape index (κ2) is 15.8. The van der Waals surface area contributed by atoms with E-state index in [0.29, 0.717) is 0 Å². The van der Waals surface area contributed by atoms with Crippen molar-refractivity contribution in [2.24, 2.45) is 0 Å². The standard InChI is InChI=1S/C64H40N2S2/c1-2-17-43-37-46(32-31-41(43)15-1)64-52-36-34-47(65-55-23-5-9-27-59(55)67-60-28-10-6-24-56(60)65)39-53(52)63(45-20-13-19-44(38-45)50-22-14-18-42-16-3-4-21-49(42)50)51-35-33-48(40-54(51)64)66-57-25-7-11-29-61(57)68-62-30-12-8-26-58(62)66/h1-40H. The molecule has 0 atom stereocenters. The lowest BCUT2D eigenvalue weighted by Gasteiger charge is -2.34. The van der Waals surface area contributed by atoms with E-state index in [0.717, 1.165) is 11.4 Å². The zero-order chi connectivity index (χ0) is 44.7. The molecule has 0 aliphatic carbocycles. The summed E-state index contributed by atoms with van der Waals surface area (Å²) in [5, 5.41) is 9.78. The molecule has 2 aliphatic heterocycles. The maximum absolute atomic E-state index is 2.46. The van der Waals surface area contributed by atoms with Crippen molar-refractivity contribution in [1.82, 2.24) is 0 Å². The van der Waals surface area contributed by atoms with Gasteiger partial charge in [-0.15, -0.1) is 0 Å². The van der Waals surface area contributed by atoms with E-state index < -0.39 is 0 Å². The van der Waals surface area contributed by atoms with Gasteiger partial charge >= 0.3 is 0 Å². The summed E-state index contributed by atoms with van der Waals surface area (Å²) in [5.74, 6) is 0. The smallest absolute Gasteiger partial charge is 0.0601 e. The molecule has 0 bridgehead atoms. The molecule has 4 heteroatoms. The third kappa shape index (κ3) is 6.29. The monoisotopic (exact) mass is 900 g/mol. The maximum atomic E-state index is 2.46. The molecular formula is C64H40N2S2. The van der Waals surface area contributed by atoms with Crippen LogP contribution in [0.15, 0.2) is 262 Å². The van der Waals surface area contributed by atoms with Crippen LogP contribution in [0.25, 0.3) is 76.5 Å². The number of hydrogen-bond donors (Lipinski definition) is 0. The Kier molecular flexibility index (Phi) is 9.11. The van der Waals surface area contributed by atoms with Gasteiger partial charge in [0.25, 0.3) is 0 Å². The second-order valence-corrected chi connectivity index (χ2v) is 19.8. The molecule has 2 aliphatic rings. The highest BCUT2D eigenvalue weighted by atomic mass is 32.2. The first-order valence-corrected chi connectivity index (χ1v) is 24.8. The van der Waals surface area contributed by atoms with Crippen LogP contribution in [-0.4, -0.2) is 0 Å². The number of rotatable bonds is 5. The summed E-state index contributed by atoms with van der Waals surface area (Å²) < 4.78 is 0. The predicted octanol–water partition coefficient (Wildman–Crippen LogP) is 19.2. The molecule has 0 unspecified atom stereocenters. The molecule has 0 fully saturated rings. The van der Waals surface area contributed by atoms with Crippen molar-refractivity contribution in [3.8, 4) is 33.4 Å². The van der Waals surface area contributed by atoms with Gasteiger partial charge in [-0.2, -0.15) is 0 Å². The van der Waals surface area contributed by atoms with Gasteiger partial charge in [0.2, 0.25) is 0 Å². The quantitative estimate of drug-likeness (QED) is 0.159. The van der Waals surface area contributed by atoms with Crippen LogP contribution >= 0.6 is 23.5 Å². The summed E-state index contributed by atoms with van der Waals surface area (Å²) in [5.41, 5.74) is 14.3. The summed E-state index contributed by atoms with van der Waals surface area (Å²) in [6, 6.07) is 90.0. The van der Waals surface area contributed by atoms with Crippen molar-refractivity contribution in [1.29, 1.82) is 0 Å². The van der Waals surface area contributed by atoms with E-state index in [9.17, 15) is 0 Å². The largest absolute Gasteiger partial charge is 0.308 e. The fourth-order valence-electron chi connectivity index (χ4n) is 10.7. The van der Waals surface area contributed by atoms with Crippen LogP contribution in [0.3, 0.4) is 0 Å². The van der Waals surface area contributed by atoms with E-state index >= 15 is 0 Å². The average Bonchev–Trinajstić information content (AvgIpc) is 3.40. The molecule has 0 N–H and O–H groups in total. The van der Waals surface area contributed by atoms with Crippen LogP contribution in [0.2, 0.25) is 0 Å². The van der Waals surface area contributed by atoms with E-state index in [1.807, 2.05) is 23.5 Å². The number of hydrogen-bond acceptors (Lipinski definition) is 4. The lowest BCUT2D eigenvalue weighted by molar-refractivity contribution is 1.17. The first-order valence-electron chi connectivity index (χ1n) is 23.2. The number of fused-ring (bicyclic) bond motifs is 8. The molecule has 0 amide bonds. The molecule has 0 aromatic heterocycles.